The highest BCUT2D eigenvalue weighted by Gasteiger charge is 2.33. The highest BCUT2D eigenvalue weighted by atomic mass is 16.3. The van der Waals surface area contributed by atoms with E-state index in [1.54, 1.807) is 6.20 Å². The molecule has 124 valence electrons. The predicted octanol–water partition coefficient (Wildman–Crippen LogP) is 1.66. The lowest BCUT2D eigenvalue weighted by atomic mass is 10.1. The molecule has 0 saturated heterocycles. The maximum atomic E-state index is 10.3. The minimum absolute atomic E-state index is 0.0206. The average Bonchev–Trinajstić information content (AvgIpc) is 3.10. The molecule has 3 N–H and O–H groups in total. The Morgan fingerprint density at radius 2 is 2.22 bits per heavy atom. The number of nitrogens with one attached hydrogen (secondary N) is 2. The Hall–Kier alpha value is -2.15. The first kappa shape index (κ1) is 15.7. The lowest BCUT2D eigenvalue weighted by Crippen LogP contribution is -2.28. The van der Waals surface area contributed by atoms with Crippen LogP contribution in [-0.2, 0) is 6.54 Å². The monoisotopic (exact) mass is 316 g/mol. The predicted molar refractivity (Wildman–Crippen MR) is 89.3 cm³/mol. The zero-order valence-electron chi connectivity index (χ0n) is 13.6. The van der Waals surface area contributed by atoms with Crippen LogP contribution in [0.2, 0.25) is 0 Å². The third-order valence-electron chi connectivity index (χ3n) is 4.18. The molecule has 0 aliphatic heterocycles. The number of imidazole rings is 1. The Morgan fingerprint density at radius 1 is 1.35 bits per heavy atom. The Morgan fingerprint density at radius 3 is 2.96 bits per heavy atom. The topological polar surface area (TPSA) is 87.9 Å². The van der Waals surface area contributed by atoms with Gasteiger partial charge in [-0.2, -0.15) is 4.98 Å². The van der Waals surface area contributed by atoms with Crippen molar-refractivity contribution >= 4 is 11.8 Å². The van der Waals surface area contributed by atoms with E-state index in [0.717, 1.165) is 37.4 Å². The molecule has 23 heavy (non-hydrogen) atoms. The number of aliphatic hydroxyl groups excluding tert-OH is 1. The first-order valence-electron chi connectivity index (χ1n) is 8.14. The second-order valence-electron chi connectivity index (χ2n) is 6.16. The molecule has 1 fully saturated rings. The van der Waals surface area contributed by atoms with Crippen molar-refractivity contribution in [1.82, 2.24) is 19.5 Å². The van der Waals surface area contributed by atoms with Crippen LogP contribution in [0.1, 0.15) is 25.5 Å². The molecule has 0 radical (unpaired) electrons. The van der Waals surface area contributed by atoms with Crippen molar-refractivity contribution in [3.63, 3.8) is 0 Å². The van der Waals surface area contributed by atoms with E-state index in [1.807, 2.05) is 32.4 Å². The lowest BCUT2D eigenvalue weighted by molar-refractivity contribution is 0.166. The van der Waals surface area contributed by atoms with Crippen LogP contribution in [0.4, 0.5) is 11.8 Å². The number of aromatic nitrogens is 4. The fourth-order valence-electron chi connectivity index (χ4n) is 3.18. The summed E-state index contributed by atoms with van der Waals surface area (Å²) < 4.78 is 2.07. The number of rotatable bonds is 6. The Labute approximate surface area is 136 Å². The van der Waals surface area contributed by atoms with Gasteiger partial charge in [-0.05, 0) is 32.6 Å². The van der Waals surface area contributed by atoms with Crippen LogP contribution in [0.3, 0.4) is 0 Å². The standard InChI is InChI=1S/C16H24N6O/c1-3-18-16-19-11(2)6-15(21-16)20-13-7-12(8-14(13)23)9-22-5-4-17-10-22/h4-6,10,12-14,23H,3,7-9H2,1-2H3,(H2,18,19,20,21)/t12?,13-,14-/m1/s1. The second-order valence-corrected chi connectivity index (χ2v) is 6.16. The zero-order valence-corrected chi connectivity index (χ0v) is 13.6. The van der Waals surface area contributed by atoms with Gasteiger partial charge in [0.1, 0.15) is 5.82 Å². The van der Waals surface area contributed by atoms with Crippen LogP contribution in [0.25, 0.3) is 0 Å². The summed E-state index contributed by atoms with van der Waals surface area (Å²) in [6, 6.07) is 1.93. The van der Waals surface area contributed by atoms with Gasteiger partial charge < -0.3 is 20.3 Å². The highest BCUT2D eigenvalue weighted by Crippen LogP contribution is 2.29. The van der Waals surface area contributed by atoms with Crippen LogP contribution in [0.15, 0.2) is 24.8 Å². The van der Waals surface area contributed by atoms with Crippen molar-refractivity contribution in [3.05, 3.63) is 30.5 Å². The molecule has 1 saturated carbocycles. The van der Waals surface area contributed by atoms with E-state index >= 15 is 0 Å². The summed E-state index contributed by atoms with van der Waals surface area (Å²) in [6.07, 6.45) is 6.92. The number of anilines is 2. The smallest absolute Gasteiger partial charge is 0.224 e. The molecule has 3 rings (SSSR count). The number of hydrogen-bond acceptors (Lipinski definition) is 6. The number of nitrogens with zero attached hydrogens (tertiary/aromatic N) is 4. The van der Waals surface area contributed by atoms with Crippen molar-refractivity contribution < 1.29 is 5.11 Å². The third-order valence-corrected chi connectivity index (χ3v) is 4.18. The Kier molecular flexibility index (Phi) is 4.76. The van der Waals surface area contributed by atoms with E-state index in [1.165, 1.54) is 0 Å². The summed E-state index contributed by atoms with van der Waals surface area (Å²) >= 11 is 0. The van der Waals surface area contributed by atoms with Crippen LogP contribution in [0.5, 0.6) is 0 Å². The van der Waals surface area contributed by atoms with Gasteiger partial charge in [-0.1, -0.05) is 0 Å². The van der Waals surface area contributed by atoms with Crippen LogP contribution >= 0.6 is 0 Å². The molecule has 2 aromatic rings. The zero-order chi connectivity index (χ0) is 16.2. The summed E-state index contributed by atoms with van der Waals surface area (Å²) in [5, 5.41) is 16.8. The van der Waals surface area contributed by atoms with Gasteiger partial charge in [-0.25, -0.2) is 9.97 Å². The molecular formula is C16H24N6O. The summed E-state index contributed by atoms with van der Waals surface area (Å²) in [5.41, 5.74) is 0.904. The molecular weight excluding hydrogens is 292 g/mol. The minimum Gasteiger partial charge on any atom is -0.391 e. The van der Waals surface area contributed by atoms with E-state index in [-0.39, 0.29) is 12.1 Å². The summed E-state index contributed by atoms with van der Waals surface area (Å²) in [7, 11) is 0. The van der Waals surface area contributed by atoms with Crippen molar-refractivity contribution in [1.29, 1.82) is 0 Å². The van der Waals surface area contributed by atoms with E-state index in [4.69, 9.17) is 0 Å². The van der Waals surface area contributed by atoms with Gasteiger partial charge in [0.05, 0.1) is 18.5 Å². The van der Waals surface area contributed by atoms with Crippen molar-refractivity contribution in [3.8, 4) is 0 Å². The van der Waals surface area contributed by atoms with Gasteiger partial charge in [0.25, 0.3) is 0 Å². The maximum Gasteiger partial charge on any atom is 0.224 e. The second kappa shape index (κ2) is 6.95. The molecule has 1 aliphatic rings. The van der Waals surface area contributed by atoms with E-state index in [2.05, 4.69) is 30.2 Å². The summed E-state index contributed by atoms with van der Waals surface area (Å²) in [4.78, 5) is 12.9. The van der Waals surface area contributed by atoms with Crippen LogP contribution < -0.4 is 10.6 Å². The average molecular weight is 316 g/mol. The highest BCUT2D eigenvalue weighted by molar-refractivity contribution is 5.43. The largest absolute Gasteiger partial charge is 0.391 e. The molecule has 3 atom stereocenters. The SMILES string of the molecule is CCNc1nc(C)cc(N[C@@H]2CC(Cn3ccnc3)C[C@H]2O)n1. The summed E-state index contributed by atoms with van der Waals surface area (Å²) in [5.74, 6) is 1.83. The maximum absolute atomic E-state index is 10.3. The van der Waals surface area contributed by atoms with Gasteiger partial charge in [0, 0.05) is 37.2 Å². The first-order valence-corrected chi connectivity index (χ1v) is 8.14. The Bertz CT molecular complexity index is 630. The van der Waals surface area contributed by atoms with Crippen molar-refractivity contribution in [2.45, 2.75) is 45.4 Å². The fourth-order valence-corrected chi connectivity index (χ4v) is 3.18. The van der Waals surface area contributed by atoms with Crippen molar-refractivity contribution in [2.75, 3.05) is 17.2 Å². The third kappa shape index (κ3) is 3.98. The molecule has 2 aromatic heterocycles. The number of aryl methyl sites for hydroxylation is 1. The van der Waals surface area contributed by atoms with E-state index in [9.17, 15) is 5.11 Å². The van der Waals surface area contributed by atoms with Gasteiger partial charge in [0.15, 0.2) is 0 Å². The van der Waals surface area contributed by atoms with Gasteiger partial charge in [-0.3, -0.25) is 0 Å². The van der Waals surface area contributed by atoms with Crippen molar-refractivity contribution in [2.24, 2.45) is 5.92 Å². The fraction of sp³-hybridized carbons (Fsp3) is 0.562. The molecule has 1 aliphatic carbocycles. The Balaban J connectivity index is 1.63. The molecule has 1 unspecified atom stereocenters. The molecule has 0 aromatic carbocycles. The molecule has 2 heterocycles. The first-order chi connectivity index (χ1) is 11.1. The van der Waals surface area contributed by atoms with Crippen LogP contribution in [0, 0.1) is 12.8 Å². The molecule has 7 heteroatoms. The molecule has 7 nitrogen and oxygen atoms in total. The van der Waals surface area contributed by atoms with Gasteiger partial charge in [0.2, 0.25) is 5.95 Å². The quantitative estimate of drug-likeness (QED) is 0.751. The molecule has 0 bridgehead atoms. The number of aliphatic hydroxyl groups is 1. The number of hydrogen-bond donors (Lipinski definition) is 3. The minimum atomic E-state index is -0.360. The van der Waals surface area contributed by atoms with Gasteiger partial charge >= 0.3 is 0 Å². The lowest BCUT2D eigenvalue weighted by Gasteiger charge is -2.18. The van der Waals surface area contributed by atoms with E-state index < -0.39 is 0 Å². The van der Waals surface area contributed by atoms with Crippen LogP contribution in [-0.4, -0.2) is 43.3 Å². The van der Waals surface area contributed by atoms with E-state index in [0.29, 0.717) is 11.9 Å². The normalized spacial score (nSPS) is 23.9. The summed E-state index contributed by atoms with van der Waals surface area (Å²) in [6.45, 7) is 5.63. The molecule has 0 amide bonds. The van der Waals surface area contributed by atoms with Gasteiger partial charge in [-0.15, -0.1) is 0 Å². The molecule has 0 spiro atoms.